The number of aliphatic carboxylic acids is 1. The number of hydrogen-bond acceptors (Lipinski definition) is 4. The molecule has 5 nitrogen and oxygen atoms in total. The van der Waals surface area contributed by atoms with Gasteiger partial charge in [-0.1, -0.05) is 13.0 Å². The van der Waals surface area contributed by atoms with Crippen LogP contribution in [0.3, 0.4) is 0 Å². The van der Waals surface area contributed by atoms with Crippen LogP contribution >= 0.6 is 0 Å². The lowest BCUT2D eigenvalue weighted by Crippen LogP contribution is -2.40. The molecule has 0 spiro atoms. The van der Waals surface area contributed by atoms with Gasteiger partial charge in [0.15, 0.2) is 5.78 Å². The second kappa shape index (κ2) is 6.84. The molecule has 3 rings (SSSR count). The number of ether oxygens (including phenoxy) is 1. The highest BCUT2D eigenvalue weighted by Crippen LogP contribution is 2.38. The first-order chi connectivity index (χ1) is 12.6. The average Bonchev–Trinajstić information content (AvgIpc) is 2.58. The van der Waals surface area contributed by atoms with Gasteiger partial charge in [-0.2, -0.15) is 13.2 Å². The van der Waals surface area contributed by atoms with Crippen LogP contribution in [0.5, 0.6) is 5.75 Å². The lowest BCUT2D eigenvalue weighted by atomic mass is 9.83. The summed E-state index contributed by atoms with van der Waals surface area (Å²) in [5.74, 6) is -2.34. The van der Waals surface area contributed by atoms with E-state index in [1.807, 2.05) is 6.92 Å². The number of halogens is 3. The van der Waals surface area contributed by atoms with Crippen molar-refractivity contribution in [2.24, 2.45) is 5.92 Å². The highest BCUT2D eigenvalue weighted by molar-refractivity contribution is 6.09. The van der Waals surface area contributed by atoms with Gasteiger partial charge in [-0.15, -0.1) is 0 Å². The Kier molecular flexibility index (Phi) is 4.86. The summed E-state index contributed by atoms with van der Waals surface area (Å²) in [5, 5.41) is 18.7. The lowest BCUT2D eigenvalue weighted by molar-refractivity contribution is -0.187. The number of carboxylic acids is 1. The smallest absolute Gasteiger partial charge is 0.430 e. The summed E-state index contributed by atoms with van der Waals surface area (Å²) in [6, 6.07) is 3.91. The van der Waals surface area contributed by atoms with Crippen molar-refractivity contribution in [2.75, 3.05) is 0 Å². The molecule has 27 heavy (non-hydrogen) atoms. The Hall–Kier alpha value is -2.61. The van der Waals surface area contributed by atoms with E-state index in [9.17, 15) is 27.9 Å². The molecular formula is C19H17F3O5. The fourth-order valence-corrected chi connectivity index (χ4v) is 3.34. The maximum atomic E-state index is 13.1. The third-order valence-corrected chi connectivity index (χ3v) is 4.68. The SMILES string of the molecule is CC1CC(O)CC=C1C(=O)c1ccc2c(c1)C=C(C(=O)O)C(C(F)(F)F)O2. The first-order valence-corrected chi connectivity index (χ1v) is 8.33. The summed E-state index contributed by atoms with van der Waals surface area (Å²) in [7, 11) is 0. The Morgan fingerprint density at radius 3 is 2.52 bits per heavy atom. The van der Waals surface area contributed by atoms with Crippen LogP contribution < -0.4 is 4.74 Å². The molecule has 2 N–H and O–H groups in total. The molecule has 0 radical (unpaired) electrons. The molecule has 0 aromatic heterocycles. The Morgan fingerprint density at radius 1 is 1.22 bits per heavy atom. The fraction of sp³-hybridized carbons (Fsp3) is 0.368. The molecule has 2 aliphatic rings. The number of aliphatic hydroxyl groups excluding tert-OH is 1. The maximum Gasteiger partial charge on any atom is 0.430 e. The van der Waals surface area contributed by atoms with Crippen molar-refractivity contribution in [2.45, 2.75) is 38.1 Å². The monoisotopic (exact) mass is 382 g/mol. The summed E-state index contributed by atoms with van der Waals surface area (Å²) >= 11 is 0. The van der Waals surface area contributed by atoms with Gasteiger partial charge in [0.2, 0.25) is 6.10 Å². The van der Waals surface area contributed by atoms with Crippen LogP contribution in [-0.2, 0) is 4.79 Å². The van der Waals surface area contributed by atoms with Gasteiger partial charge in [-0.25, -0.2) is 4.79 Å². The third-order valence-electron chi connectivity index (χ3n) is 4.68. The number of allylic oxidation sites excluding steroid dienone is 1. The number of carbonyl (C=O) groups is 2. The number of aliphatic hydroxyl groups is 1. The fourth-order valence-electron chi connectivity index (χ4n) is 3.34. The van der Waals surface area contributed by atoms with Crippen molar-refractivity contribution >= 4 is 17.8 Å². The molecule has 0 bridgehead atoms. The first-order valence-electron chi connectivity index (χ1n) is 8.33. The van der Waals surface area contributed by atoms with Crippen LogP contribution in [0.15, 0.2) is 35.4 Å². The molecule has 1 heterocycles. The molecule has 3 atom stereocenters. The number of hydrogen-bond donors (Lipinski definition) is 2. The second-order valence-corrected chi connectivity index (χ2v) is 6.71. The van der Waals surface area contributed by atoms with Crippen LogP contribution in [0.2, 0.25) is 0 Å². The minimum atomic E-state index is -4.88. The summed E-state index contributed by atoms with van der Waals surface area (Å²) in [5.41, 5.74) is -0.0957. The van der Waals surface area contributed by atoms with Crippen molar-refractivity contribution in [1.82, 2.24) is 0 Å². The third kappa shape index (κ3) is 3.75. The van der Waals surface area contributed by atoms with Gasteiger partial charge in [0, 0.05) is 11.1 Å². The number of benzene rings is 1. The summed E-state index contributed by atoms with van der Waals surface area (Å²) < 4.78 is 44.0. The first kappa shape index (κ1) is 19.2. The molecular weight excluding hydrogens is 365 g/mol. The van der Waals surface area contributed by atoms with E-state index in [1.165, 1.54) is 18.2 Å². The van der Waals surface area contributed by atoms with Crippen molar-refractivity contribution < 1.29 is 37.7 Å². The van der Waals surface area contributed by atoms with E-state index in [2.05, 4.69) is 0 Å². The van der Waals surface area contributed by atoms with E-state index >= 15 is 0 Å². The van der Waals surface area contributed by atoms with Crippen LogP contribution in [0.1, 0.15) is 35.7 Å². The normalized spacial score (nSPS) is 25.0. The largest absolute Gasteiger partial charge is 0.478 e. The van der Waals surface area contributed by atoms with Gasteiger partial charge < -0.3 is 14.9 Å². The second-order valence-electron chi connectivity index (χ2n) is 6.71. The molecule has 8 heteroatoms. The molecule has 144 valence electrons. The molecule has 0 fully saturated rings. The van der Waals surface area contributed by atoms with E-state index < -0.39 is 29.9 Å². The van der Waals surface area contributed by atoms with Crippen LogP contribution in [0, 0.1) is 5.92 Å². The van der Waals surface area contributed by atoms with Gasteiger partial charge in [-0.05, 0) is 48.6 Å². The summed E-state index contributed by atoms with van der Waals surface area (Å²) in [4.78, 5) is 23.9. The van der Waals surface area contributed by atoms with Crippen molar-refractivity contribution in [3.05, 3.63) is 46.5 Å². The van der Waals surface area contributed by atoms with E-state index in [1.54, 1.807) is 6.08 Å². The van der Waals surface area contributed by atoms with Crippen LogP contribution in [0.4, 0.5) is 13.2 Å². The zero-order chi connectivity index (χ0) is 19.9. The highest BCUT2D eigenvalue weighted by atomic mass is 19.4. The molecule has 0 amide bonds. The number of rotatable bonds is 3. The predicted molar refractivity (Wildman–Crippen MR) is 89.3 cm³/mol. The van der Waals surface area contributed by atoms with Crippen molar-refractivity contribution in [3.63, 3.8) is 0 Å². The van der Waals surface area contributed by atoms with Crippen LogP contribution in [-0.4, -0.2) is 40.3 Å². The van der Waals surface area contributed by atoms with Gasteiger partial charge in [-0.3, -0.25) is 4.79 Å². The molecule has 1 aromatic rings. The number of Topliss-reactive ketones (excluding diaryl/α,β-unsaturated/α-hetero) is 1. The maximum absolute atomic E-state index is 13.1. The summed E-state index contributed by atoms with van der Waals surface area (Å²) in [6.07, 6.45) is -4.59. The van der Waals surface area contributed by atoms with Gasteiger partial charge in [0.1, 0.15) is 5.75 Å². The Labute approximate surface area is 152 Å². The molecule has 1 aromatic carbocycles. The number of carbonyl (C=O) groups excluding carboxylic acids is 1. The zero-order valence-electron chi connectivity index (χ0n) is 14.3. The topological polar surface area (TPSA) is 83.8 Å². The molecule has 0 saturated heterocycles. The number of carboxylic acid groups (broad SMARTS) is 1. The Balaban J connectivity index is 1.97. The quantitative estimate of drug-likeness (QED) is 0.783. The number of ketones is 1. The van der Waals surface area contributed by atoms with Gasteiger partial charge in [0.25, 0.3) is 0 Å². The van der Waals surface area contributed by atoms with Crippen molar-refractivity contribution in [3.8, 4) is 5.75 Å². The van der Waals surface area contributed by atoms with Crippen LogP contribution in [0.25, 0.3) is 6.08 Å². The van der Waals surface area contributed by atoms with Gasteiger partial charge in [0.05, 0.1) is 11.7 Å². The Morgan fingerprint density at radius 2 is 1.93 bits per heavy atom. The van der Waals surface area contributed by atoms with E-state index in [0.29, 0.717) is 18.4 Å². The van der Waals surface area contributed by atoms with Crippen molar-refractivity contribution in [1.29, 1.82) is 0 Å². The number of fused-ring (bicyclic) bond motifs is 1. The standard InChI is InChI=1S/C19H17F3O5/c1-9-6-12(23)3-4-13(9)16(24)10-2-5-15-11(7-10)8-14(18(25)26)17(27-15)19(20,21)22/h2,4-5,7-9,12,17,23H,3,6H2,1H3,(H,25,26). The predicted octanol–water partition coefficient (Wildman–Crippen LogP) is 3.38. The minimum absolute atomic E-state index is 0.0999. The minimum Gasteiger partial charge on any atom is -0.478 e. The Bertz CT molecular complexity index is 853. The summed E-state index contributed by atoms with van der Waals surface area (Å²) in [6.45, 7) is 1.81. The molecule has 0 saturated carbocycles. The average molecular weight is 382 g/mol. The van der Waals surface area contributed by atoms with E-state index in [-0.39, 0.29) is 28.6 Å². The highest BCUT2D eigenvalue weighted by Gasteiger charge is 2.48. The van der Waals surface area contributed by atoms with E-state index in [4.69, 9.17) is 9.84 Å². The van der Waals surface area contributed by atoms with Gasteiger partial charge >= 0.3 is 12.1 Å². The van der Waals surface area contributed by atoms with E-state index in [0.717, 1.165) is 6.08 Å². The zero-order valence-corrected chi connectivity index (χ0v) is 14.3. The molecule has 3 unspecified atom stereocenters. The molecule has 1 aliphatic carbocycles. The number of alkyl halides is 3. The molecule has 1 aliphatic heterocycles. The lowest BCUT2D eigenvalue weighted by Gasteiger charge is -2.27.